The van der Waals surface area contributed by atoms with Gasteiger partial charge in [-0.3, -0.25) is 4.98 Å². The lowest BCUT2D eigenvalue weighted by molar-refractivity contribution is -0.149. The lowest BCUT2D eigenvalue weighted by Crippen LogP contribution is -2.23. The normalized spacial score (nSPS) is 22.4. The van der Waals surface area contributed by atoms with Crippen molar-refractivity contribution >= 4 is 5.97 Å². The van der Waals surface area contributed by atoms with Gasteiger partial charge in [0.15, 0.2) is 6.10 Å². The van der Waals surface area contributed by atoms with Crippen molar-refractivity contribution in [1.82, 2.24) is 4.98 Å². The van der Waals surface area contributed by atoms with Crippen LogP contribution in [-0.4, -0.2) is 34.9 Å². The van der Waals surface area contributed by atoms with Crippen LogP contribution in [-0.2, 0) is 16.0 Å². The van der Waals surface area contributed by atoms with Crippen molar-refractivity contribution < 1.29 is 19.4 Å². The Balaban J connectivity index is 1.91. The third kappa shape index (κ3) is 3.44. The Morgan fingerprint density at radius 1 is 1.53 bits per heavy atom. The van der Waals surface area contributed by atoms with Crippen LogP contribution in [0.15, 0.2) is 12.1 Å². The summed E-state index contributed by atoms with van der Waals surface area (Å²) in [6.07, 6.45) is 1.25. The molecule has 0 radical (unpaired) electrons. The number of rotatable bonds is 5. The minimum atomic E-state index is -0.895. The summed E-state index contributed by atoms with van der Waals surface area (Å²) < 4.78 is 11.1. The topological polar surface area (TPSA) is 68.7 Å². The Labute approximate surface area is 112 Å². The number of hydrogen-bond donors (Lipinski definition) is 1. The second kappa shape index (κ2) is 6.02. The number of carboxylic acid groups (broad SMARTS) is 1. The van der Waals surface area contributed by atoms with Gasteiger partial charge in [-0.05, 0) is 38.3 Å². The van der Waals surface area contributed by atoms with E-state index in [0.717, 1.165) is 30.0 Å². The molecule has 1 aliphatic rings. The average molecular weight is 265 g/mol. The molecule has 0 aliphatic carbocycles. The van der Waals surface area contributed by atoms with E-state index in [0.29, 0.717) is 13.0 Å². The highest BCUT2D eigenvalue weighted by molar-refractivity contribution is 5.72. The number of hydrogen-bond acceptors (Lipinski definition) is 4. The van der Waals surface area contributed by atoms with E-state index in [-0.39, 0.29) is 6.10 Å². The zero-order valence-corrected chi connectivity index (χ0v) is 11.3. The predicted molar refractivity (Wildman–Crippen MR) is 69.4 cm³/mol. The number of pyridine rings is 1. The van der Waals surface area contributed by atoms with E-state index in [1.54, 1.807) is 0 Å². The summed E-state index contributed by atoms with van der Waals surface area (Å²) in [4.78, 5) is 15.2. The second-order valence-corrected chi connectivity index (χ2v) is 4.72. The molecule has 0 saturated carbocycles. The summed E-state index contributed by atoms with van der Waals surface area (Å²) in [5.41, 5.74) is 1.89. The highest BCUT2D eigenvalue weighted by Crippen LogP contribution is 2.23. The van der Waals surface area contributed by atoms with Crippen LogP contribution in [0.2, 0.25) is 0 Å². The molecular weight excluding hydrogens is 246 g/mol. The van der Waals surface area contributed by atoms with Gasteiger partial charge in [0, 0.05) is 5.69 Å². The van der Waals surface area contributed by atoms with Crippen LogP contribution in [0, 0.1) is 6.92 Å². The Kier molecular flexibility index (Phi) is 4.37. The van der Waals surface area contributed by atoms with Gasteiger partial charge in [0.25, 0.3) is 0 Å². The highest BCUT2D eigenvalue weighted by atomic mass is 16.6. The van der Waals surface area contributed by atoms with Crippen molar-refractivity contribution in [2.45, 2.75) is 45.3 Å². The monoisotopic (exact) mass is 265 g/mol. The lowest BCUT2D eigenvalue weighted by atomic mass is 10.2. The summed E-state index contributed by atoms with van der Waals surface area (Å²) in [6, 6.07) is 3.81. The summed E-state index contributed by atoms with van der Waals surface area (Å²) in [5, 5.41) is 8.85. The molecule has 0 spiro atoms. The van der Waals surface area contributed by atoms with Gasteiger partial charge in [-0.1, -0.05) is 6.92 Å². The van der Waals surface area contributed by atoms with Crippen molar-refractivity contribution in [3.63, 3.8) is 0 Å². The molecule has 2 atom stereocenters. The summed E-state index contributed by atoms with van der Waals surface area (Å²) in [6.45, 7) is 4.35. The zero-order valence-electron chi connectivity index (χ0n) is 11.3. The van der Waals surface area contributed by atoms with Gasteiger partial charge in [0.05, 0.1) is 11.8 Å². The minimum absolute atomic E-state index is 0.146. The number of aliphatic carboxylic acids is 1. The van der Waals surface area contributed by atoms with Gasteiger partial charge in [-0.25, -0.2) is 4.79 Å². The fourth-order valence-corrected chi connectivity index (χ4v) is 2.18. The van der Waals surface area contributed by atoms with E-state index in [1.165, 1.54) is 0 Å². The quantitative estimate of drug-likeness (QED) is 0.881. The van der Waals surface area contributed by atoms with Crippen LogP contribution in [0.4, 0.5) is 0 Å². The van der Waals surface area contributed by atoms with E-state index in [9.17, 15) is 4.79 Å². The van der Waals surface area contributed by atoms with Crippen molar-refractivity contribution in [1.29, 1.82) is 0 Å². The van der Waals surface area contributed by atoms with Gasteiger partial charge in [-0.15, -0.1) is 0 Å². The maximum Gasteiger partial charge on any atom is 0.332 e. The molecule has 1 N–H and O–H groups in total. The minimum Gasteiger partial charge on any atom is -0.489 e. The molecule has 2 unspecified atom stereocenters. The van der Waals surface area contributed by atoms with Gasteiger partial charge in [0.1, 0.15) is 12.4 Å². The first-order chi connectivity index (χ1) is 9.10. The smallest absolute Gasteiger partial charge is 0.332 e. The maximum absolute atomic E-state index is 10.8. The van der Waals surface area contributed by atoms with Crippen LogP contribution < -0.4 is 4.74 Å². The van der Waals surface area contributed by atoms with Crippen LogP contribution in [0.3, 0.4) is 0 Å². The molecule has 1 aliphatic heterocycles. The Morgan fingerprint density at radius 3 is 2.95 bits per heavy atom. The van der Waals surface area contributed by atoms with Crippen LogP contribution in [0.5, 0.6) is 5.75 Å². The molecule has 19 heavy (non-hydrogen) atoms. The largest absolute Gasteiger partial charge is 0.489 e. The van der Waals surface area contributed by atoms with Crippen molar-refractivity contribution in [3.8, 4) is 5.75 Å². The van der Waals surface area contributed by atoms with Crippen LogP contribution in [0.25, 0.3) is 0 Å². The Bertz CT molecular complexity index is 461. The number of carbonyl (C=O) groups is 1. The number of nitrogens with zero attached hydrogens (tertiary/aromatic N) is 1. The van der Waals surface area contributed by atoms with Crippen molar-refractivity contribution in [2.24, 2.45) is 0 Å². The molecule has 2 heterocycles. The average Bonchev–Trinajstić information content (AvgIpc) is 2.86. The van der Waals surface area contributed by atoms with Gasteiger partial charge in [-0.2, -0.15) is 0 Å². The van der Waals surface area contributed by atoms with Crippen LogP contribution >= 0.6 is 0 Å². The molecule has 1 fully saturated rings. The van der Waals surface area contributed by atoms with E-state index in [4.69, 9.17) is 14.6 Å². The molecule has 5 nitrogen and oxygen atoms in total. The number of aryl methyl sites for hydroxylation is 2. The summed E-state index contributed by atoms with van der Waals surface area (Å²) >= 11 is 0. The second-order valence-electron chi connectivity index (χ2n) is 4.72. The lowest BCUT2D eigenvalue weighted by Gasteiger charge is -2.14. The van der Waals surface area contributed by atoms with E-state index in [2.05, 4.69) is 4.98 Å². The summed E-state index contributed by atoms with van der Waals surface area (Å²) in [7, 11) is 0. The molecule has 5 heteroatoms. The molecule has 1 aromatic rings. The summed E-state index contributed by atoms with van der Waals surface area (Å²) in [5.74, 6) is -0.135. The Morgan fingerprint density at radius 2 is 2.32 bits per heavy atom. The molecule has 0 aromatic carbocycles. The van der Waals surface area contributed by atoms with Gasteiger partial charge < -0.3 is 14.6 Å². The van der Waals surface area contributed by atoms with E-state index >= 15 is 0 Å². The van der Waals surface area contributed by atoms with Gasteiger partial charge >= 0.3 is 5.97 Å². The fourth-order valence-electron chi connectivity index (χ4n) is 2.18. The molecule has 1 aromatic heterocycles. The van der Waals surface area contributed by atoms with Gasteiger partial charge in [0.2, 0.25) is 0 Å². The van der Waals surface area contributed by atoms with Crippen LogP contribution in [0.1, 0.15) is 31.2 Å². The number of carboxylic acids is 1. The number of ether oxygens (including phenoxy) is 2. The Hall–Kier alpha value is -1.62. The molecule has 0 amide bonds. The first-order valence-corrected chi connectivity index (χ1v) is 6.57. The third-order valence-electron chi connectivity index (χ3n) is 3.21. The van der Waals surface area contributed by atoms with Crippen molar-refractivity contribution in [3.05, 3.63) is 23.5 Å². The fraction of sp³-hybridized carbons (Fsp3) is 0.571. The third-order valence-corrected chi connectivity index (χ3v) is 3.21. The van der Waals surface area contributed by atoms with Crippen molar-refractivity contribution in [2.75, 3.05) is 6.61 Å². The first-order valence-electron chi connectivity index (χ1n) is 6.57. The predicted octanol–water partition coefficient (Wildman–Crippen LogP) is 1.96. The molecular formula is C14H19NO4. The highest BCUT2D eigenvalue weighted by Gasteiger charge is 2.30. The SMILES string of the molecule is CCc1nc(C)ccc1OCC1CCC(C(=O)O)O1. The molecule has 104 valence electrons. The molecule has 1 saturated heterocycles. The standard InChI is InChI=1S/C14H19NO4/c1-3-11-12(6-4-9(2)15-11)18-8-10-5-7-13(19-10)14(16)17/h4,6,10,13H,3,5,7-8H2,1-2H3,(H,16,17). The molecule has 2 rings (SSSR count). The zero-order chi connectivity index (χ0) is 13.8. The first kappa shape index (κ1) is 13.8. The molecule has 0 bridgehead atoms. The van der Waals surface area contributed by atoms with E-state index < -0.39 is 12.1 Å². The number of aromatic nitrogens is 1. The van der Waals surface area contributed by atoms with E-state index in [1.807, 2.05) is 26.0 Å². The maximum atomic E-state index is 10.8.